The monoisotopic (exact) mass is 406 g/mol. The fourth-order valence-electron chi connectivity index (χ4n) is 3.95. The standard InChI is InChI=1S/C24H26N2O4/c1-6-17-16-13-22(29-4)23(30-5)14-19(16)26-11-7-8-18(26)24(25-17)15-9-10-20(27-2)21(12-15)28-3/h7-14,17H,6H2,1-5H3. The number of methoxy groups -OCH3 is 4. The van der Waals surface area contributed by atoms with E-state index in [2.05, 4.69) is 17.6 Å². The molecule has 0 radical (unpaired) electrons. The van der Waals surface area contributed by atoms with Crippen LogP contribution in [0.1, 0.15) is 36.2 Å². The van der Waals surface area contributed by atoms with Crippen LogP contribution >= 0.6 is 0 Å². The predicted octanol–water partition coefficient (Wildman–Crippen LogP) is 4.81. The molecule has 0 fully saturated rings. The molecule has 0 saturated heterocycles. The summed E-state index contributed by atoms with van der Waals surface area (Å²) in [7, 11) is 6.58. The van der Waals surface area contributed by atoms with Gasteiger partial charge in [0.1, 0.15) is 0 Å². The van der Waals surface area contributed by atoms with Crippen LogP contribution in [0, 0.1) is 0 Å². The fraction of sp³-hybridized carbons (Fsp3) is 0.292. The van der Waals surface area contributed by atoms with E-state index in [0.29, 0.717) is 23.0 Å². The van der Waals surface area contributed by atoms with Crippen molar-refractivity contribution < 1.29 is 18.9 Å². The molecule has 1 unspecified atom stereocenters. The molecule has 156 valence electrons. The average Bonchev–Trinajstić information content (AvgIpc) is 3.23. The molecule has 3 aromatic rings. The highest BCUT2D eigenvalue weighted by atomic mass is 16.5. The third-order valence-electron chi connectivity index (χ3n) is 5.47. The molecule has 1 atom stereocenters. The maximum atomic E-state index is 5.56. The molecule has 0 amide bonds. The Hall–Kier alpha value is -3.41. The third-order valence-corrected chi connectivity index (χ3v) is 5.47. The van der Waals surface area contributed by atoms with Gasteiger partial charge in [0.25, 0.3) is 0 Å². The largest absolute Gasteiger partial charge is 0.493 e. The molecule has 30 heavy (non-hydrogen) atoms. The lowest BCUT2D eigenvalue weighted by Crippen LogP contribution is -2.09. The van der Waals surface area contributed by atoms with Crippen molar-refractivity contribution in [2.45, 2.75) is 19.4 Å². The van der Waals surface area contributed by atoms with E-state index in [0.717, 1.165) is 34.6 Å². The Bertz CT molecular complexity index is 1100. The van der Waals surface area contributed by atoms with Crippen LogP contribution < -0.4 is 18.9 Å². The van der Waals surface area contributed by atoms with Gasteiger partial charge in [0.05, 0.1) is 51.6 Å². The van der Waals surface area contributed by atoms with Crippen molar-refractivity contribution in [3.05, 3.63) is 65.5 Å². The SMILES string of the molecule is CCC1N=C(c2ccc(OC)c(OC)c2)c2cccn2-c2cc(OC)c(OC)cc21. The molecule has 0 saturated carbocycles. The Labute approximate surface area is 176 Å². The number of ether oxygens (including phenoxy) is 4. The van der Waals surface area contributed by atoms with Gasteiger partial charge >= 0.3 is 0 Å². The lowest BCUT2D eigenvalue weighted by atomic mass is 10.0. The summed E-state index contributed by atoms with van der Waals surface area (Å²) in [6, 6.07) is 14.0. The van der Waals surface area contributed by atoms with Crippen LogP contribution in [-0.4, -0.2) is 38.7 Å². The van der Waals surface area contributed by atoms with E-state index in [1.807, 2.05) is 42.6 Å². The van der Waals surface area contributed by atoms with E-state index in [4.69, 9.17) is 23.9 Å². The number of hydrogen-bond donors (Lipinski definition) is 0. The van der Waals surface area contributed by atoms with Crippen LogP contribution in [0.25, 0.3) is 5.69 Å². The number of nitrogens with zero attached hydrogens (tertiary/aromatic N) is 2. The van der Waals surface area contributed by atoms with Gasteiger partial charge in [-0.3, -0.25) is 4.99 Å². The Morgan fingerprint density at radius 2 is 1.50 bits per heavy atom. The Morgan fingerprint density at radius 3 is 2.17 bits per heavy atom. The van der Waals surface area contributed by atoms with Crippen molar-refractivity contribution in [2.24, 2.45) is 4.99 Å². The van der Waals surface area contributed by atoms with Gasteiger partial charge in [-0.25, -0.2) is 0 Å². The first-order valence-electron chi connectivity index (χ1n) is 9.89. The van der Waals surface area contributed by atoms with E-state index in [1.54, 1.807) is 28.4 Å². The predicted molar refractivity (Wildman–Crippen MR) is 117 cm³/mol. The zero-order valence-electron chi connectivity index (χ0n) is 17.9. The highest BCUT2D eigenvalue weighted by Gasteiger charge is 2.26. The summed E-state index contributed by atoms with van der Waals surface area (Å²) in [5, 5.41) is 0. The number of hydrogen-bond acceptors (Lipinski definition) is 5. The van der Waals surface area contributed by atoms with Gasteiger partial charge in [-0.1, -0.05) is 6.92 Å². The highest BCUT2D eigenvalue weighted by Crippen LogP contribution is 2.40. The minimum absolute atomic E-state index is 0.0252. The van der Waals surface area contributed by atoms with Crippen LogP contribution in [0.5, 0.6) is 23.0 Å². The van der Waals surface area contributed by atoms with Crippen LogP contribution in [-0.2, 0) is 0 Å². The third kappa shape index (κ3) is 3.18. The molecule has 1 aliphatic rings. The molecule has 0 bridgehead atoms. The van der Waals surface area contributed by atoms with E-state index in [1.165, 1.54) is 0 Å². The number of benzene rings is 2. The van der Waals surface area contributed by atoms with Gasteiger partial charge in [-0.05, 0) is 42.8 Å². The summed E-state index contributed by atoms with van der Waals surface area (Å²) < 4.78 is 24.2. The summed E-state index contributed by atoms with van der Waals surface area (Å²) in [4.78, 5) is 5.18. The van der Waals surface area contributed by atoms with Gasteiger partial charge in [0, 0.05) is 23.4 Å². The summed E-state index contributed by atoms with van der Waals surface area (Å²) in [6.45, 7) is 2.14. The molecule has 0 N–H and O–H groups in total. The van der Waals surface area contributed by atoms with Crippen molar-refractivity contribution in [3.63, 3.8) is 0 Å². The van der Waals surface area contributed by atoms with Crippen LogP contribution in [0.15, 0.2) is 53.7 Å². The number of rotatable bonds is 6. The Kier molecular flexibility index (Phi) is 5.40. The fourth-order valence-corrected chi connectivity index (χ4v) is 3.95. The molecule has 6 nitrogen and oxygen atoms in total. The maximum Gasteiger partial charge on any atom is 0.162 e. The first kappa shape index (κ1) is 19.9. The van der Waals surface area contributed by atoms with E-state index < -0.39 is 0 Å². The van der Waals surface area contributed by atoms with Crippen molar-refractivity contribution in [2.75, 3.05) is 28.4 Å². The number of fused-ring (bicyclic) bond motifs is 3. The van der Waals surface area contributed by atoms with Gasteiger partial charge in [-0.15, -0.1) is 0 Å². The lowest BCUT2D eigenvalue weighted by Gasteiger charge is -2.18. The topological polar surface area (TPSA) is 54.2 Å². The van der Waals surface area contributed by atoms with Crippen molar-refractivity contribution >= 4 is 5.71 Å². The average molecular weight is 406 g/mol. The zero-order chi connectivity index (χ0) is 21.3. The number of aromatic nitrogens is 1. The molecule has 2 aromatic carbocycles. The van der Waals surface area contributed by atoms with Gasteiger partial charge in [0.2, 0.25) is 0 Å². The minimum Gasteiger partial charge on any atom is -0.493 e. The van der Waals surface area contributed by atoms with E-state index in [-0.39, 0.29) is 6.04 Å². The maximum absolute atomic E-state index is 5.56. The molecule has 4 rings (SSSR count). The van der Waals surface area contributed by atoms with Crippen molar-refractivity contribution in [3.8, 4) is 28.7 Å². The zero-order valence-corrected chi connectivity index (χ0v) is 17.9. The molecular weight excluding hydrogens is 380 g/mol. The Balaban J connectivity index is 1.95. The van der Waals surface area contributed by atoms with Crippen molar-refractivity contribution in [1.82, 2.24) is 4.57 Å². The van der Waals surface area contributed by atoms with Gasteiger partial charge in [0.15, 0.2) is 23.0 Å². The van der Waals surface area contributed by atoms with Gasteiger partial charge in [-0.2, -0.15) is 0 Å². The lowest BCUT2D eigenvalue weighted by molar-refractivity contribution is 0.354. The van der Waals surface area contributed by atoms with Crippen LogP contribution in [0.3, 0.4) is 0 Å². The minimum atomic E-state index is -0.0252. The molecule has 1 aliphatic heterocycles. The molecule has 0 aliphatic carbocycles. The first-order chi connectivity index (χ1) is 14.6. The molecular formula is C24H26N2O4. The second-order valence-corrected chi connectivity index (χ2v) is 7.00. The summed E-state index contributed by atoms with van der Waals surface area (Å²) in [5.41, 5.74) is 5.02. The van der Waals surface area contributed by atoms with E-state index in [9.17, 15) is 0 Å². The molecule has 6 heteroatoms. The summed E-state index contributed by atoms with van der Waals surface area (Å²) >= 11 is 0. The molecule has 2 heterocycles. The quantitative estimate of drug-likeness (QED) is 0.589. The summed E-state index contributed by atoms with van der Waals surface area (Å²) in [6.07, 6.45) is 2.90. The van der Waals surface area contributed by atoms with Crippen LogP contribution in [0.2, 0.25) is 0 Å². The van der Waals surface area contributed by atoms with Gasteiger partial charge < -0.3 is 23.5 Å². The van der Waals surface area contributed by atoms with E-state index >= 15 is 0 Å². The Morgan fingerprint density at radius 1 is 0.833 bits per heavy atom. The summed E-state index contributed by atoms with van der Waals surface area (Å²) in [5.74, 6) is 2.76. The molecule has 0 spiro atoms. The second kappa shape index (κ2) is 8.14. The van der Waals surface area contributed by atoms with Crippen LogP contribution in [0.4, 0.5) is 0 Å². The highest BCUT2D eigenvalue weighted by molar-refractivity contribution is 6.13. The van der Waals surface area contributed by atoms with Crippen molar-refractivity contribution in [1.29, 1.82) is 0 Å². The number of aliphatic imine (C=N–C) groups is 1. The smallest absolute Gasteiger partial charge is 0.162 e. The molecule has 1 aromatic heterocycles. The first-order valence-corrected chi connectivity index (χ1v) is 9.89. The second-order valence-electron chi connectivity index (χ2n) is 7.00. The normalized spacial score (nSPS) is 14.8.